The van der Waals surface area contributed by atoms with Crippen molar-refractivity contribution in [1.29, 1.82) is 0 Å². The third kappa shape index (κ3) is 2.02. The standard InChI is InChI=1S/C18H24O2/c1-13(2)18(14-8-6-5-7-9-14)12-15-16(20-18)10-11-19-17(15,3)4/h5-9,12-13,16H,10-11H2,1-4H3/t16-,18+/m0/s1. The van der Waals surface area contributed by atoms with Crippen molar-refractivity contribution in [1.82, 2.24) is 0 Å². The molecule has 1 saturated heterocycles. The summed E-state index contributed by atoms with van der Waals surface area (Å²) in [5.41, 5.74) is 2.02. The summed E-state index contributed by atoms with van der Waals surface area (Å²) < 4.78 is 12.5. The maximum atomic E-state index is 6.56. The van der Waals surface area contributed by atoms with E-state index >= 15 is 0 Å². The van der Waals surface area contributed by atoms with Crippen LogP contribution in [0.25, 0.3) is 0 Å². The lowest BCUT2D eigenvalue weighted by Gasteiger charge is -2.37. The number of hydrogen-bond donors (Lipinski definition) is 0. The van der Waals surface area contributed by atoms with Crippen LogP contribution in [0.2, 0.25) is 0 Å². The van der Waals surface area contributed by atoms with Crippen LogP contribution in [0.15, 0.2) is 42.0 Å². The lowest BCUT2D eigenvalue weighted by Crippen LogP contribution is -2.39. The molecule has 3 rings (SSSR count). The van der Waals surface area contributed by atoms with Crippen molar-refractivity contribution in [2.75, 3.05) is 6.61 Å². The number of ether oxygens (including phenoxy) is 2. The van der Waals surface area contributed by atoms with E-state index in [-0.39, 0.29) is 17.3 Å². The van der Waals surface area contributed by atoms with Gasteiger partial charge in [-0.05, 0) is 37.0 Å². The van der Waals surface area contributed by atoms with Crippen LogP contribution in [0.3, 0.4) is 0 Å². The summed E-state index contributed by atoms with van der Waals surface area (Å²) in [5.74, 6) is 0.388. The summed E-state index contributed by atoms with van der Waals surface area (Å²) in [6, 6.07) is 10.6. The van der Waals surface area contributed by atoms with Crippen LogP contribution in [0.1, 0.15) is 39.7 Å². The molecule has 0 aromatic heterocycles. The second kappa shape index (κ2) is 4.71. The van der Waals surface area contributed by atoms with E-state index in [4.69, 9.17) is 9.47 Å². The average Bonchev–Trinajstić information content (AvgIpc) is 2.82. The van der Waals surface area contributed by atoms with Gasteiger partial charge < -0.3 is 9.47 Å². The summed E-state index contributed by atoms with van der Waals surface area (Å²) >= 11 is 0. The minimum absolute atomic E-state index is 0.196. The molecule has 1 aromatic rings. The van der Waals surface area contributed by atoms with Gasteiger partial charge in [-0.1, -0.05) is 44.2 Å². The summed E-state index contributed by atoms with van der Waals surface area (Å²) in [7, 11) is 0. The summed E-state index contributed by atoms with van der Waals surface area (Å²) in [4.78, 5) is 0. The average molecular weight is 272 g/mol. The highest BCUT2D eigenvalue weighted by Gasteiger charge is 2.49. The molecule has 0 aliphatic carbocycles. The zero-order valence-corrected chi connectivity index (χ0v) is 12.8. The van der Waals surface area contributed by atoms with Gasteiger partial charge in [0.25, 0.3) is 0 Å². The van der Waals surface area contributed by atoms with Crippen LogP contribution in [0.4, 0.5) is 0 Å². The van der Waals surface area contributed by atoms with Crippen LogP contribution >= 0.6 is 0 Å². The fraction of sp³-hybridized carbons (Fsp3) is 0.556. The van der Waals surface area contributed by atoms with Gasteiger partial charge in [0.1, 0.15) is 5.60 Å². The van der Waals surface area contributed by atoms with E-state index in [1.54, 1.807) is 0 Å². The fourth-order valence-corrected chi connectivity index (χ4v) is 3.42. The van der Waals surface area contributed by atoms with E-state index in [1.165, 1.54) is 11.1 Å². The van der Waals surface area contributed by atoms with E-state index in [0.29, 0.717) is 5.92 Å². The van der Waals surface area contributed by atoms with E-state index in [0.717, 1.165) is 13.0 Å². The highest BCUT2D eigenvalue weighted by molar-refractivity contribution is 5.38. The first kappa shape index (κ1) is 13.8. The van der Waals surface area contributed by atoms with Crippen LogP contribution in [-0.4, -0.2) is 18.3 Å². The van der Waals surface area contributed by atoms with Gasteiger partial charge in [-0.25, -0.2) is 0 Å². The molecule has 2 aliphatic heterocycles. The molecule has 0 radical (unpaired) electrons. The van der Waals surface area contributed by atoms with Gasteiger partial charge in [-0.15, -0.1) is 0 Å². The molecule has 1 fully saturated rings. The highest BCUT2D eigenvalue weighted by atomic mass is 16.5. The van der Waals surface area contributed by atoms with Gasteiger partial charge in [0, 0.05) is 6.42 Å². The lowest BCUT2D eigenvalue weighted by atomic mass is 9.81. The van der Waals surface area contributed by atoms with Crippen molar-refractivity contribution in [3.05, 3.63) is 47.5 Å². The van der Waals surface area contributed by atoms with Crippen molar-refractivity contribution in [2.24, 2.45) is 5.92 Å². The monoisotopic (exact) mass is 272 g/mol. The lowest BCUT2D eigenvalue weighted by molar-refractivity contribution is -0.106. The van der Waals surface area contributed by atoms with Crippen molar-refractivity contribution >= 4 is 0 Å². The first-order valence-corrected chi connectivity index (χ1v) is 7.56. The summed E-state index contributed by atoms with van der Waals surface area (Å²) in [6.07, 6.45) is 3.48. The molecule has 2 heterocycles. The van der Waals surface area contributed by atoms with Crippen molar-refractivity contribution in [3.63, 3.8) is 0 Å². The Morgan fingerprint density at radius 2 is 1.85 bits per heavy atom. The molecule has 0 saturated carbocycles. The van der Waals surface area contributed by atoms with Gasteiger partial charge in [0.15, 0.2) is 0 Å². The van der Waals surface area contributed by atoms with Crippen molar-refractivity contribution in [3.8, 4) is 0 Å². The van der Waals surface area contributed by atoms with E-state index in [1.807, 2.05) is 0 Å². The van der Waals surface area contributed by atoms with Crippen LogP contribution < -0.4 is 0 Å². The Bertz CT molecular complexity index is 515. The fourth-order valence-electron chi connectivity index (χ4n) is 3.42. The smallest absolute Gasteiger partial charge is 0.115 e. The third-order valence-corrected chi connectivity index (χ3v) is 4.67. The first-order valence-electron chi connectivity index (χ1n) is 7.56. The van der Waals surface area contributed by atoms with E-state index < -0.39 is 0 Å². The van der Waals surface area contributed by atoms with Crippen LogP contribution in [0, 0.1) is 5.92 Å². The minimum atomic E-state index is -0.313. The molecule has 1 aromatic carbocycles. The third-order valence-electron chi connectivity index (χ3n) is 4.67. The Hall–Kier alpha value is -1.12. The molecule has 2 heteroatoms. The minimum Gasteiger partial charge on any atom is -0.371 e. The molecule has 2 atom stereocenters. The van der Waals surface area contributed by atoms with E-state index in [2.05, 4.69) is 64.1 Å². The Morgan fingerprint density at radius 3 is 2.45 bits per heavy atom. The van der Waals surface area contributed by atoms with Gasteiger partial charge in [0.2, 0.25) is 0 Å². The van der Waals surface area contributed by atoms with E-state index in [9.17, 15) is 0 Å². The molecule has 20 heavy (non-hydrogen) atoms. The maximum absolute atomic E-state index is 6.56. The summed E-state index contributed by atoms with van der Waals surface area (Å²) in [6.45, 7) is 9.54. The number of fused-ring (bicyclic) bond motifs is 1. The van der Waals surface area contributed by atoms with Crippen LogP contribution in [-0.2, 0) is 15.1 Å². The molecule has 2 nitrogen and oxygen atoms in total. The van der Waals surface area contributed by atoms with Gasteiger partial charge in [-0.3, -0.25) is 0 Å². The normalized spacial score (nSPS) is 32.0. The molecular weight excluding hydrogens is 248 g/mol. The molecule has 0 spiro atoms. The van der Waals surface area contributed by atoms with Gasteiger partial charge in [0.05, 0.1) is 18.3 Å². The molecule has 0 N–H and O–H groups in total. The number of rotatable bonds is 2. The van der Waals surface area contributed by atoms with Crippen molar-refractivity contribution in [2.45, 2.75) is 51.4 Å². The Labute approximate surface area is 121 Å². The zero-order chi connectivity index (χ0) is 14.4. The largest absolute Gasteiger partial charge is 0.371 e. The second-order valence-corrected chi connectivity index (χ2v) is 6.67. The van der Waals surface area contributed by atoms with Crippen LogP contribution in [0.5, 0.6) is 0 Å². The Kier molecular flexibility index (Phi) is 3.26. The second-order valence-electron chi connectivity index (χ2n) is 6.67. The molecular formula is C18H24O2. The predicted molar refractivity (Wildman–Crippen MR) is 80.6 cm³/mol. The SMILES string of the molecule is CC(C)[C@@]1(c2ccccc2)C=C2[C@H](CCOC2(C)C)O1. The molecule has 0 unspecified atom stereocenters. The molecule has 0 bridgehead atoms. The van der Waals surface area contributed by atoms with Crippen molar-refractivity contribution < 1.29 is 9.47 Å². The maximum Gasteiger partial charge on any atom is 0.115 e. The number of hydrogen-bond acceptors (Lipinski definition) is 2. The predicted octanol–water partition coefficient (Wildman–Crippen LogP) is 4.06. The molecule has 108 valence electrons. The summed E-state index contributed by atoms with van der Waals surface area (Å²) in [5, 5.41) is 0. The van der Waals surface area contributed by atoms with Gasteiger partial charge >= 0.3 is 0 Å². The first-order chi connectivity index (χ1) is 9.46. The quantitative estimate of drug-likeness (QED) is 0.756. The number of benzene rings is 1. The molecule has 0 amide bonds. The highest BCUT2D eigenvalue weighted by Crippen LogP contribution is 2.48. The Morgan fingerprint density at radius 1 is 1.15 bits per heavy atom. The Balaban J connectivity index is 2.09. The topological polar surface area (TPSA) is 18.5 Å². The zero-order valence-electron chi connectivity index (χ0n) is 12.8. The van der Waals surface area contributed by atoms with Gasteiger partial charge in [-0.2, -0.15) is 0 Å². The molecule has 2 aliphatic rings.